The Kier molecular flexibility index (Phi) is 27.1. The molecule has 0 aliphatic carbocycles. The van der Waals surface area contributed by atoms with Crippen LogP contribution < -0.4 is 10.6 Å². The van der Waals surface area contributed by atoms with Gasteiger partial charge in [0.15, 0.2) is 12.0 Å². The smallest absolute Gasteiger partial charge is 0.306 e. The van der Waals surface area contributed by atoms with E-state index in [2.05, 4.69) is 17.6 Å². The van der Waals surface area contributed by atoms with Crippen LogP contribution in [0.2, 0.25) is 0 Å². The maximum Gasteiger partial charge on any atom is 0.306 e. The van der Waals surface area contributed by atoms with Crippen LogP contribution in [0.25, 0.3) is 0 Å². The number of hydrogen-bond acceptors (Lipinski definition) is 15. The van der Waals surface area contributed by atoms with Gasteiger partial charge in [0.05, 0.1) is 52.3 Å². The predicted octanol–water partition coefficient (Wildman–Crippen LogP) is 6.64. The number of nitrogens with one attached hydrogen (secondary N) is 2. The molecule has 0 saturated carbocycles. The number of carbonyl (C=O) groups excluding carboxylic acids is 1. The van der Waals surface area contributed by atoms with E-state index < -0.39 is 81.3 Å². The summed E-state index contributed by atoms with van der Waals surface area (Å²) in [6.45, 7) is 1.55. The van der Waals surface area contributed by atoms with Gasteiger partial charge in [-0.3, -0.25) is 35.1 Å². The number of aliphatic hydroxyl groups excluding tert-OH is 5. The van der Waals surface area contributed by atoms with Crippen LogP contribution in [-0.2, 0) is 14.3 Å². The number of nitro groups is 3. The second-order valence-electron chi connectivity index (χ2n) is 15.9. The van der Waals surface area contributed by atoms with Gasteiger partial charge in [-0.2, -0.15) is 0 Å². The lowest BCUT2D eigenvalue weighted by Crippen LogP contribution is -2.60. The molecule has 0 bridgehead atoms. The number of non-ortho nitro benzene ring substituents is 1. The van der Waals surface area contributed by atoms with Crippen molar-refractivity contribution in [1.29, 1.82) is 0 Å². The van der Waals surface area contributed by atoms with Gasteiger partial charge in [0.2, 0.25) is 5.91 Å². The minimum Gasteiger partial charge on any atom is -0.394 e. The summed E-state index contributed by atoms with van der Waals surface area (Å²) in [6, 6.07) is 0.506. The Balaban J connectivity index is 1.72. The topological polar surface area (TPSA) is 290 Å². The van der Waals surface area contributed by atoms with Crippen molar-refractivity contribution in [2.24, 2.45) is 0 Å². The first-order chi connectivity index (χ1) is 29.3. The Morgan fingerprint density at radius 2 is 1.26 bits per heavy atom. The van der Waals surface area contributed by atoms with Crippen molar-refractivity contribution in [3.8, 4) is 0 Å². The lowest BCUT2D eigenvalue weighted by Gasteiger charge is -2.40. The number of rotatable bonds is 35. The molecule has 1 fully saturated rings. The second kappa shape index (κ2) is 31.1. The summed E-state index contributed by atoms with van der Waals surface area (Å²) >= 11 is 0. The van der Waals surface area contributed by atoms with Crippen molar-refractivity contribution in [3.63, 3.8) is 0 Å². The summed E-state index contributed by atoms with van der Waals surface area (Å²) in [4.78, 5) is 44.2. The first-order valence-corrected chi connectivity index (χ1v) is 22.2. The molecule has 0 spiro atoms. The minimum atomic E-state index is -1.63. The highest BCUT2D eigenvalue weighted by molar-refractivity contribution is 5.77. The third kappa shape index (κ3) is 20.7. The van der Waals surface area contributed by atoms with Gasteiger partial charge in [-0.15, -0.1) is 0 Å². The standard InChI is InChI=1S/C42H71N5O14/c1-2-3-4-5-6-7-8-9-10-12-15-18-21-24-35(49)32(30-60-42-41(53)40(52)39(51)36(29-48)61-42)44-37(50)25-22-19-16-13-11-14-17-20-23-26-43-38-33(46(56)57)27-31(45(54)55)28-34(38)47(58)59/h21,24,27-28,32,35-36,39-43,48-49,51-53H,2-20,22-23,25-26,29-30H2,1H3,(H,44,50)/b24-21+/t32-,35-,36-,39-,40+,41-,42-/m0/s1. The van der Waals surface area contributed by atoms with E-state index in [9.17, 15) is 60.7 Å². The van der Waals surface area contributed by atoms with Crippen molar-refractivity contribution < 1.29 is 54.6 Å². The van der Waals surface area contributed by atoms with Crippen molar-refractivity contribution in [2.75, 3.05) is 25.1 Å². The zero-order valence-electron chi connectivity index (χ0n) is 35.8. The molecular formula is C42H71N5O14. The van der Waals surface area contributed by atoms with Gasteiger partial charge >= 0.3 is 11.4 Å². The summed E-state index contributed by atoms with van der Waals surface area (Å²) in [7, 11) is 0. The summed E-state index contributed by atoms with van der Waals surface area (Å²) in [5.74, 6) is -0.293. The lowest BCUT2D eigenvalue weighted by atomic mass is 9.99. The fraction of sp³-hybridized carbons (Fsp3) is 0.786. The van der Waals surface area contributed by atoms with Crippen molar-refractivity contribution in [1.82, 2.24) is 5.32 Å². The van der Waals surface area contributed by atoms with Crippen LogP contribution in [0.15, 0.2) is 24.3 Å². The zero-order chi connectivity index (χ0) is 45.0. The number of allylic oxidation sites excluding steroid dienone is 1. The molecule has 0 unspecified atom stereocenters. The van der Waals surface area contributed by atoms with Gasteiger partial charge < -0.3 is 45.6 Å². The second-order valence-corrected chi connectivity index (χ2v) is 15.9. The number of amides is 1. The number of benzene rings is 1. The fourth-order valence-corrected chi connectivity index (χ4v) is 7.24. The molecule has 61 heavy (non-hydrogen) atoms. The molecule has 1 aromatic carbocycles. The molecule has 19 heteroatoms. The quantitative estimate of drug-likeness (QED) is 0.0163. The third-order valence-corrected chi connectivity index (χ3v) is 10.9. The molecule has 1 heterocycles. The average Bonchev–Trinajstić information content (AvgIpc) is 3.23. The number of ether oxygens (including phenoxy) is 2. The molecule has 7 N–H and O–H groups in total. The maximum absolute atomic E-state index is 13.0. The van der Waals surface area contributed by atoms with Crippen molar-refractivity contribution in [2.45, 2.75) is 191 Å². The Bertz CT molecular complexity index is 1430. The van der Waals surface area contributed by atoms with Gasteiger partial charge in [-0.05, 0) is 25.7 Å². The van der Waals surface area contributed by atoms with E-state index >= 15 is 0 Å². The monoisotopic (exact) mass is 869 g/mol. The molecule has 1 aromatic rings. The number of hydrogen-bond donors (Lipinski definition) is 7. The van der Waals surface area contributed by atoms with Crippen LogP contribution >= 0.6 is 0 Å². The van der Waals surface area contributed by atoms with Crippen LogP contribution in [0.3, 0.4) is 0 Å². The minimum absolute atomic E-state index is 0.212. The summed E-state index contributed by atoms with van der Waals surface area (Å²) in [5, 5.41) is 90.7. The molecule has 348 valence electrons. The Morgan fingerprint density at radius 1 is 0.754 bits per heavy atom. The number of anilines is 1. The van der Waals surface area contributed by atoms with E-state index in [1.165, 1.54) is 57.8 Å². The third-order valence-electron chi connectivity index (χ3n) is 10.9. The molecule has 1 amide bonds. The Hall–Kier alpha value is -3.85. The van der Waals surface area contributed by atoms with Crippen LogP contribution in [-0.4, -0.2) is 109 Å². The first-order valence-electron chi connectivity index (χ1n) is 22.2. The average molecular weight is 870 g/mol. The van der Waals surface area contributed by atoms with Gasteiger partial charge in [0.25, 0.3) is 5.69 Å². The van der Waals surface area contributed by atoms with Crippen LogP contribution in [0.1, 0.15) is 148 Å². The SMILES string of the molecule is CCCCCCCCCCCCC/C=C/[C@H](O)[C@H](CO[C@H]1O[C@@H](CO)[C@H](O)[C@@H](O)[C@@H]1O)NC(=O)CCCCCCCCCCCNc1c([N+](=O)[O-])cc([N+](=O)[O-])cc1[N+](=O)[O-]. The Morgan fingerprint density at radius 3 is 1.77 bits per heavy atom. The first kappa shape index (κ1) is 53.3. The highest BCUT2D eigenvalue weighted by atomic mass is 16.7. The molecule has 0 aromatic heterocycles. The summed E-state index contributed by atoms with van der Waals surface area (Å²) in [5.41, 5.74) is -2.55. The lowest BCUT2D eigenvalue weighted by molar-refractivity contribution is -0.401. The molecule has 1 aliphatic rings. The van der Waals surface area contributed by atoms with Crippen LogP contribution in [0.4, 0.5) is 22.7 Å². The molecule has 2 rings (SSSR count). The molecule has 7 atom stereocenters. The predicted molar refractivity (Wildman–Crippen MR) is 229 cm³/mol. The van der Waals surface area contributed by atoms with Gasteiger partial charge in [-0.1, -0.05) is 128 Å². The highest BCUT2D eigenvalue weighted by Gasteiger charge is 2.44. The van der Waals surface area contributed by atoms with Crippen LogP contribution in [0, 0.1) is 30.3 Å². The van der Waals surface area contributed by atoms with E-state index in [1.54, 1.807) is 6.08 Å². The van der Waals surface area contributed by atoms with Gasteiger partial charge in [0.1, 0.15) is 24.4 Å². The van der Waals surface area contributed by atoms with Gasteiger partial charge in [-0.25, -0.2) is 0 Å². The number of aliphatic hydroxyl groups is 5. The van der Waals surface area contributed by atoms with E-state index in [0.29, 0.717) is 25.0 Å². The largest absolute Gasteiger partial charge is 0.394 e. The van der Waals surface area contributed by atoms with Gasteiger partial charge in [0, 0.05) is 13.0 Å². The maximum atomic E-state index is 13.0. The molecule has 19 nitrogen and oxygen atoms in total. The number of nitrogens with zero attached hydrogens (tertiary/aromatic N) is 3. The van der Waals surface area contributed by atoms with Crippen LogP contribution in [0.5, 0.6) is 0 Å². The number of unbranched alkanes of at least 4 members (excludes halogenated alkanes) is 19. The molecule has 1 aliphatic heterocycles. The molecular weight excluding hydrogens is 798 g/mol. The number of nitro benzene ring substituents is 3. The van der Waals surface area contributed by atoms with E-state index in [0.717, 1.165) is 64.2 Å². The molecule has 0 radical (unpaired) electrons. The van der Waals surface area contributed by atoms with E-state index in [-0.39, 0.29) is 31.2 Å². The highest BCUT2D eigenvalue weighted by Crippen LogP contribution is 2.38. The fourth-order valence-electron chi connectivity index (χ4n) is 7.24. The van der Waals surface area contributed by atoms with Crippen molar-refractivity contribution in [3.05, 3.63) is 54.6 Å². The molecule has 1 saturated heterocycles. The number of carbonyl (C=O) groups is 1. The van der Waals surface area contributed by atoms with E-state index in [4.69, 9.17) is 9.47 Å². The van der Waals surface area contributed by atoms with E-state index in [1.807, 2.05) is 6.08 Å². The zero-order valence-corrected chi connectivity index (χ0v) is 35.8. The Labute approximate surface area is 358 Å². The normalized spacial score (nSPS) is 20.1. The summed E-state index contributed by atoms with van der Waals surface area (Å²) < 4.78 is 11.1. The van der Waals surface area contributed by atoms with Crippen molar-refractivity contribution >= 4 is 28.7 Å². The summed E-state index contributed by atoms with van der Waals surface area (Å²) in [6.07, 6.45) is 16.9.